The fourth-order valence-electron chi connectivity index (χ4n) is 2.76. The van der Waals surface area contributed by atoms with Crippen LogP contribution in [0, 0.1) is 0 Å². The lowest BCUT2D eigenvalue weighted by molar-refractivity contribution is 0.0651. The van der Waals surface area contributed by atoms with E-state index in [1.54, 1.807) is 24.3 Å². The molecule has 0 bridgehead atoms. The lowest BCUT2D eigenvalue weighted by Crippen LogP contribution is -2.31. The molecule has 0 saturated carbocycles. The third-order valence-corrected chi connectivity index (χ3v) is 4.13. The number of fused-ring (bicyclic) bond motifs is 1. The molecule has 0 unspecified atom stereocenters. The molecule has 0 radical (unpaired) electrons. The molecule has 0 spiro atoms. The Bertz CT molecular complexity index is 474. The van der Waals surface area contributed by atoms with Crippen molar-refractivity contribution >= 4 is 11.8 Å². The van der Waals surface area contributed by atoms with Gasteiger partial charge in [0.15, 0.2) is 0 Å². The molecular formula is C17H24N2O2. The van der Waals surface area contributed by atoms with Gasteiger partial charge in [-0.1, -0.05) is 32.4 Å². The molecule has 4 nitrogen and oxygen atoms in total. The zero-order valence-electron chi connectivity index (χ0n) is 13.0. The summed E-state index contributed by atoms with van der Waals surface area (Å²) < 4.78 is 0. The summed E-state index contributed by atoms with van der Waals surface area (Å²) in [5, 5.41) is 0. The summed E-state index contributed by atoms with van der Waals surface area (Å²) in [6, 6.07) is 7.07. The average Bonchev–Trinajstić information content (AvgIpc) is 2.76. The average molecular weight is 288 g/mol. The van der Waals surface area contributed by atoms with Crippen molar-refractivity contribution in [2.75, 3.05) is 26.2 Å². The molecule has 0 atom stereocenters. The van der Waals surface area contributed by atoms with Crippen LogP contribution < -0.4 is 0 Å². The van der Waals surface area contributed by atoms with Gasteiger partial charge in [0.25, 0.3) is 11.8 Å². The van der Waals surface area contributed by atoms with Crippen LogP contribution in [0.3, 0.4) is 0 Å². The number of unbranched alkanes of at least 4 members (excludes halogenated alkanes) is 2. The minimum Gasteiger partial charge on any atom is -0.304 e. The molecule has 1 heterocycles. The molecule has 21 heavy (non-hydrogen) atoms. The highest BCUT2D eigenvalue weighted by molar-refractivity contribution is 6.21. The monoisotopic (exact) mass is 288 g/mol. The van der Waals surface area contributed by atoms with Gasteiger partial charge in [0.1, 0.15) is 0 Å². The number of rotatable bonds is 8. The van der Waals surface area contributed by atoms with Gasteiger partial charge in [-0.15, -0.1) is 0 Å². The Morgan fingerprint density at radius 1 is 0.905 bits per heavy atom. The van der Waals surface area contributed by atoms with Crippen molar-refractivity contribution in [3.63, 3.8) is 0 Å². The maximum atomic E-state index is 12.2. The number of nitrogens with zero attached hydrogens (tertiary/aromatic N) is 2. The highest BCUT2D eigenvalue weighted by Gasteiger charge is 2.34. The first-order valence-electron chi connectivity index (χ1n) is 7.86. The number of amides is 2. The van der Waals surface area contributed by atoms with Crippen molar-refractivity contribution in [3.05, 3.63) is 35.4 Å². The molecule has 0 aromatic heterocycles. The van der Waals surface area contributed by atoms with Gasteiger partial charge >= 0.3 is 0 Å². The minimum atomic E-state index is -0.139. The molecule has 0 aliphatic carbocycles. The molecule has 2 amide bonds. The molecule has 0 saturated heterocycles. The SMILES string of the molecule is CCN(CC)CCCCCN1C(=O)c2ccccc2C1=O. The van der Waals surface area contributed by atoms with Crippen LogP contribution in [0.2, 0.25) is 0 Å². The fourth-order valence-corrected chi connectivity index (χ4v) is 2.76. The number of carbonyl (C=O) groups is 2. The van der Waals surface area contributed by atoms with E-state index < -0.39 is 0 Å². The molecule has 114 valence electrons. The summed E-state index contributed by atoms with van der Waals surface area (Å²) in [4.78, 5) is 28.1. The Balaban J connectivity index is 1.78. The summed E-state index contributed by atoms with van der Waals surface area (Å²) in [6.07, 6.45) is 3.04. The van der Waals surface area contributed by atoms with Crippen molar-refractivity contribution in [2.45, 2.75) is 33.1 Å². The molecule has 1 aliphatic rings. The predicted molar refractivity (Wildman–Crippen MR) is 83.4 cm³/mol. The van der Waals surface area contributed by atoms with E-state index in [-0.39, 0.29) is 11.8 Å². The Morgan fingerprint density at radius 2 is 1.48 bits per heavy atom. The van der Waals surface area contributed by atoms with Crippen LogP contribution in [0.25, 0.3) is 0 Å². The molecule has 4 heteroatoms. The number of imide groups is 1. The smallest absolute Gasteiger partial charge is 0.261 e. The minimum absolute atomic E-state index is 0.139. The standard InChI is InChI=1S/C17H24N2O2/c1-3-18(4-2)12-8-5-9-13-19-16(20)14-10-6-7-11-15(14)17(19)21/h6-7,10-11H,3-5,8-9,12-13H2,1-2H3. The Kier molecular flexibility index (Phi) is 5.51. The van der Waals surface area contributed by atoms with Gasteiger partial charge in [0.05, 0.1) is 11.1 Å². The molecule has 0 fully saturated rings. The summed E-state index contributed by atoms with van der Waals surface area (Å²) >= 11 is 0. The second kappa shape index (κ2) is 7.36. The van der Waals surface area contributed by atoms with E-state index in [0.29, 0.717) is 17.7 Å². The molecule has 1 aromatic carbocycles. The third kappa shape index (κ3) is 3.50. The van der Waals surface area contributed by atoms with Crippen LogP contribution in [0.15, 0.2) is 24.3 Å². The molecule has 2 rings (SSSR count). The maximum Gasteiger partial charge on any atom is 0.261 e. The van der Waals surface area contributed by atoms with Crippen molar-refractivity contribution in [3.8, 4) is 0 Å². The number of hydrogen-bond acceptors (Lipinski definition) is 3. The molecule has 1 aliphatic heterocycles. The molecule has 0 N–H and O–H groups in total. The first-order chi connectivity index (χ1) is 10.2. The van der Waals surface area contributed by atoms with Gasteiger partial charge in [-0.3, -0.25) is 14.5 Å². The van der Waals surface area contributed by atoms with E-state index in [2.05, 4.69) is 18.7 Å². The second-order valence-electron chi connectivity index (χ2n) is 5.40. The molecule has 1 aromatic rings. The third-order valence-electron chi connectivity index (χ3n) is 4.13. The van der Waals surface area contributed by atoms with Gasteiger partial charge in [-0.25, -0.2) is 0 Å². The predicted octanol–water partition coefficient (Wildman–Crippen LogP) is 2.79. The van der Waals surface area contributed by atoms with Crippen molar-refractivity contribution < 1.29 is 9.59 Å². The first-order valence-corrected chi connectivity index (χ1v) is 7.86. The summed E-state index contributed by atoms with van der Waals surface area (Å²) in [5.41, 5.74) is 1.09. The van der Waals surface area contributed by atoms with Gasteiger partial charge < -0.3 is 4.90 Å². The number of benzene rings is 1. The normalized spacial score (nSPS) is 14.1. The van der Waals surface area contributed by atoms with Gasteiger partial charge in [-0.05, 0) is 44.6 Å². The highest BCUT2D eigenvalue weighted by Crippen LogP contribution is 2.22. The van der Waals surface area contributed by atoms with Gasteiger partial charge in [-0.2, -0.15) is 0 Å². The lowest BCUT2D eigenvalue weighted by Gasteiger charge is -2.18. The molecular weight excluding hydrogens is 264 g/mol. The number of hydrogen-bond donors (Lipinski definition) is 0. The van der Waals surface area contributed by atoms with E-state index in [0.717, 1.165) is 38.9 Å². The highest BCUT2D eigenvalue weighted by atomic mass is 16.2. The van der Waals surface area contributed by atoms with Crippen LogP contribution in [0.4, 0.5) is 0 Å². The van der Waals surface area contributed by atoms with Crippen LogP contribution >= 0.6 is 0 Å². The lowest BCUT2D eigenvalue weighted by atomic mass is 10.1. The summed E-state index contributed by atoms with van der Waals surface area (Å²) in [5.74, 6) is -0.279. The van der Waals surface area contributed by atoms with E-state index in [1.807, 2.05) is 0 Å². The largest absolute Gasteiger partial charge is 0.304 e. The van der Waals surface area contributed by atoms with Crippen LogP contribution in [0.1, 0.15) is 53.8 Å². The van der Waals surface area contributed by atoms with Gasteiger partial charge in [0.2, 0.25) is 0 Å². The van der Waals surface area contributed by atoms with E-state index in [1.165, 1.54) is 4.90 Å². The quantitative estimate of drug-likeness (QED) is 0.545. The van der Waals surface area contributed by atoms with Crippen LogP contribution in [-0.2, 0) is 0 Å². The zero-order valence-corrected chi connectivity index (χ0v) is 13.0. The van der Waals surface area contributed by atoms with E-state index in [9.17, 15) is 9.59 Å². The van der Waals surface area contributed by atoms with Crippen LogP contribution in [-0.4, -0.2) is 47.8 Å². The second-order valence-corrected chi connectivity index (χ2v) is 5.40. The van der Waals surface area contributed by atoms with Crippen LogP contribution in [0.5, 0.6) is 0 Å². The van der Waals surface area contributed by atoms with E-state index in [4.69, 9.17) is 0 Å². The van der Waals surface area contributed by atoms with E-state index >= 15 is 0 Å². The Labute approximate surface area is 126 Å². The Morgan fingerprint density at radius 3 is 2.00 bits per heavy atom. The zero-order chi connectivity index (χ0) is 15.2. The summed E-state index contributed by atoms with van der Waals surface area (Å²) in [6.45, 7) is 8.12. The summed E-state index contributed by atoms with van der Waals surface area (Å²) in [7, 11) is 0. The number of carbonyl (C=O) groups excluding carboxylic acids is 2. The fraction of sp³-hybridized carbons (Fsp3) is 0.529. The maximum absolute atomic E-state index is 12.2. The van der Waals surface area contributed by atoms with Crippen molar-refractivity contribution in [2.24, 2.45) is 0 Å². The first kappa shape index (κ1) is 15.7. The Hall–Kier alpha value is -1.68. The topological polar surface area (TPSA) is 40.6 Å². The van der Waals surface area contributed by atoms with Gasteiger partial charge in [0, 0.05) is 6.54 Å². The van der Waals surface area contributed by atoms with Crippen molar-refractivity contribution in [1.29, 1.82) is 0 Å². The van der Waals surface area contributed by atoms with Crippen molar-refractivity contribution in [1.82, 2.24) is 9.80 Å².